The van der Waals surface area contributed by atoms with Crippen molar-refractivity contribution in [2.24, 2.45) is 11.1 Å². The van der Waals surface area contributed by atoms with Crippen molar-refractivity contribution >= 4 is 11.8 Å². The van der Waals surface area contributed by atoms with Gasteiger partial charge in [-0.25, -0.2) is 0 Å². The molecule has 0 aromatic heterocycles. The highest BCUT2D eigenvalue weighted by Gasteiger charge is 2.10. The quantitative estimate of drug-likeness (QED) is 0.415. The Morgan fingerprint density at radius 1 is 1.50 bits per heavy atom. The summed E-state index contributed by atoms with van der Waals surface area (Å²) < 4.78 is 0. The molecule has 0 aliphatic heterocycles. The highest BCUT2D eigenvalue weighted by atomic mass is 16.4. The van der Waals surface area contributed by atoms with E-state index in [0.29, 0.717) is 6.42 Å². The summed E-state index contributed by atoms with van der Waals surface area (Å²) in [5, 5.41) is 14.3. The number of hydrogen-bond acceptors (Lipinski definition) is 2. The predicted molar refractivity (Wildman–Crippen MR) is 49.3 cm³/mol. The maximum Gasteiger partial charge on any atom is 0.300 e. The standard InChI is InChI=1S/C6H14N2.C2H4O2/c1-6(2,3)4-5(7)8;1-2(3)4/h4H2,1-3H3,(H3,7,8);1H3,(H,3,4). The Hall–Kier alpha value is -1.06. The van der Waals surface area contributed by atoms with Gasteiger partial charge < -0.3 is 10.8 Å². The molecule has 0 heterocycles. The van der Waals surface area contributed by atoms with Crippen LogP contribution in [0.1, 0.15) is 34.1 Å². The van der Waals surface area contributed by atoms with Crippen LogP contribution in [0, 0.1) is 10.8 Å². The summed E-state index contributed by atoms with van der Waals surface area (Å²) in [5.41, 5.74) is 5.33. The molecule has 4 heteroatoms. The zero-order chi connectivity index (χ0) is 10.4. The SMILES string of the molecule is CC(=O)O.CC(C)(C)CC(=N)N. The van der Waals surface area contributed by atoms with Crippen LogP contribution < -0.4 is 5.73 Å². The van der Waals surface area contributed by atoms with E-state index in [9.17, 15) is 0 Å². The molecular formula is C8H18N2O2. The van der Waals surface area contributed by atoms with Gasteiger partial charge in [-0.2, -0.15) is 0 Å². The molecule has 0 rings (SSSR count). The highest BCUT2D eigenvalue weighted by Crippen LogP contribution is 2.16. The van der Waals surface area contributed by atoms with Gasteiger partial charge in [0.25, 0.3) is 5.97 Å². The number of nitrogens with two attached hydrogens (primary N) is 1. The zero-order valence-corrected chi connectivity index (χ0v) is 8.14. The lowest BCUT2D eigenvalue weighted by Crippen LogP contribution is -2.18. The average molecular weight is 174 g/mol. The number of carboxylic acid groups (broad SMARTS) is 1. The largest absolute Gasteiger partial charge is 0.481 e. The van der Waals surface area contributed by atoms with Gasteiger partial charge in [0.1, 0.15) is 0 Å². The smallest absolute Gasteiger partial charge is 0.300 e. The van der Waals surface area contributed by atoms with Crippen molar-refractivity contribution in [3.8, 4) is 0 Å². The van der Waals surface area contributed by atoms with Gasteiger partial charge in [0, 0.05) is 13.3 Å². The van der Waals surface area contributed by atoms with Gasteiger partial charge in [-0.1, -0.05) is 20.8 Å². The Bertz CT molecular complexity index is 155. The molecule has 0 unspecified atom stereocenters. The molecule has 0 spiro atoms. The molecule has 0 fully saturated rings. The summed E-state index contributed by atoms with van der Waals surface area (Å²) in [6.45, 7) is 7.28. The first-order valence-corrected chi connectivity index (χ1v) is 3.67. The fraction of sp³-hybridized carbons (Fsp3) is 0.750. The molecule has 0 radical (unpaired) electrons. The third kappa shape index (κ3) is 36.3. The van der Waals surface area contributed by atoms with Gasteiger partial charge in [-0.3, -0.25) is 10.2 Å². The predicted octanol–water partition coefficient (Wildman–Crippen LogP) is 1.45. The van der Waals surface area contributed by atoms with Crippen LogP contribution in [0.3, 0.4) is 0 Å². The summed E-state index contributed by atoms with van der Waals surface area (Å²) in [4.78, 5) is 9.00. The van der Waals surface area contributed by atoms with Crippen LogP contribution in [-0.4, -0.2) is 16.9 Å². The second kappa shape index (κ2) is 5.57. The van der Waals surface area contributed by atoms with E-state index in [4.69, 9.17) is 21.0 Å². The number of amidine groups is 1. The van der Waals surface area contributed by atoms with Crippen molar-refractivity contribution in [2.45, 2.75) is 34.1 Å². The lowest BCUT2D eigenvalue weighted by Gasteiger charge is -2.15. The number of nitrogens with one attached hydrogen (secondary N) is 1. The summed E-state index contributed by atoms with van der Waals surface area (Å²) >= 11 is 0. The van der Waals surface area contributed by atoms with Gasteiger partial charge in [0.15, 0.2) is 0 Å². The van der Waals surface area contributed by atoms with Crippen LogP contribution in [0.5, 0.6) is 0 Å². The van der Waals surface area contributed by atoms with Crippen LogP contribution in [0.15, 0.2) is 0 Å². The Balaban J connectivity index is 0. The zero-order valence-electron chi connectivity index (χ0n) is 8.14. The van der Waals surface area contributed by atoms with E-state index < -0.39 is 5.97 Å². The molecule has 12 heavy (non-hydrogen) atoms. The van der Waals surface area contributed by atoms with Crippen molar-refractivity contribution in [3.05, 3.63) is 0 Å². The Kier molecular flexibility index (Phi) is 6.28. The van der Waals surface area contributed by atoms with E-state index in [2.05, 4.69) is 20.8 Å². The van der Waals surface area contributed by atoms with E-state index in [1.54, 1.807) is 0 Å². The van der Waals surface area contributed by atoms with Crippen molar-refractivity contribution in [3.63, 3.8) is 0 Å². The molecule has 0 aromatic rings. The molecule has 0 saturated heterocycles. The van der Waals surface area contributed by atoms with Crippen molar-refractivity contribution in [1.82, 2.24) is 0 Å². The minimum Gasteiger partial charge on any atom is -0.481 e. The normalized spacial score (nSPS) is 9.67. The van der Waals surface area contributed by atoms with Crippen LogP contribution in [0.2, 0.25) is 0 Å². The average Bonchev–Trinajstić information content (AvgIpc) is 1.52. The second-order valence-electron chi connectivity index (χ2n) is 3.78. The van der Waals surface area contributed by atoms with Crippen molar-refractivity contribution in [1.29, 1.82) is 5.41 Å². The number of carbonyl (C=O) groups is 1. The maximum atomic E-state index is 9.00. The molecule has 0 amide bonds. The number of rotatable bonds is 1. The Labute approximate surface area is 73.3 Å². The van der Waals surface area contributed by atoms with E-state index >= 15 is 0 Å². The fourth-order valence-corrected chi connectivity index (χ4v) is 0.571. The van der Waals surface area contributed by atoms with Gasteiger partial charge in [0.05, 0.1) is 5.84 Å². The van der Waals surface area contributed by atoms with Gasteiger partial charge in [0.2, 0.25) is 0 Å². The monoisotopic (exact) mass is 174 g/mol. The van der Waals surface area contributed by atoms with E-state index in [1.165, 1.54) is 0 Å². The molecule has 0 aliphatic carbocycles. The summed E-state index contributed by atoms with van der Waals surface area (Å²) in [6.07, 6.45) is 0.688. The lowest BCUT2D eigenvalue weighted by molar-refractivity contribution is -0.134. The van der Waals surface area contributed by atoms with E-state index in [-0.39, 0.29) is 11.3 Å². The minimum atomic E-state index is -0.833. The molecule has 0 aliphatic rings. The molecule has 72 valence electrons. The fourth-order valence-electron chi connectivity index (χ4n) is 0.571. The topological polar surface area (TPSA) is 87.2 Å². The second-order valence-corrected chi connectivity index (χ2v) is 3.78. The maximum absolute atomic E-state index is 9.00. The Morgan fingerprint density at radius 2 is 1.75 bits per heavy atom. The van der Waals surface area contributed by atoms with Gasteiger partial charge in [-0.05, 0) is 5.41 Å². The van der Waals surface area contributed by atoms with Crippen LogP contribution in [-0.2, 0) is 4.79 Å². The first-order chi connectivity index (χ1) is 5.15. The molecule has 0 bridgehead atoms. The minimum absolute atomic E-state index is 0.172. The first kappa shape index (κ1) is 13.5. The molecule has 0 saturated carbocycles. The molecule has 4 nitrogen and oxygen atoms in total. The van der Waals surface area contributed by atoms with Crippen LogP contribution in [0.4, 0.5) is 0 Å². The third-order valence-electron chi connectivity index (χ3n) is 0.721. The van der Waals surface area contributed by atoms with E-state index in [1.807, 2.05) is 0 Å². The number of aliphatic carboxylic acids is 1. The number of hydrogen-bond donors (Lipinski definition) is 3. The Morgan fingerprint density at radius 3 is 1.75 bits per heavy atom. The molecular weight excluding hydrogens is 156 g/mol. The van der Waals surface area contributed by atoms with Gasteiger partial charge in [-0.15, -0.1) is 0 Å². The highest BCUT2D eigenvalue weighted by molar-refractivity contribution is 5.77. The summed E-state index contributed by atoms with van der Waals surface area (Å²) in [7, 11) is 0. The number of carboxylic acids is 1. The lowest BCUT2D eigenvalue weighted by atomic mass is 9.92. The van der Waals surface area contributed by atoms with Crippen LogP contribution in [0.25, 0.3) is 0 Å². The van der Waals surface area contributed by atoms with E-state index in [0.717, 1.165) is 6.92 Å². The summed E-state index contributed by atoms with van der Waals surface area (Å²) in [5.74, 6) is -0.558. The third-order valence-corrected chi connectivity index (χ3v) is 0.721. The summed E-state index contributed by atoms with van der Waals surface area (Å²) in [6, 6.07) is 0. The molecule has 4 N–H and O–H groups in total. The van der Waals surface area contributed by atoms with Crippen molar-refractivity contribution in [2.75, 3.05) is 0 Å². The van der Waals surface area contributed by atoms with Crippen molar-refractivity contribution < 1.29 is 9.90 Å². The molecule has 0 atom stereocenters. The first-order valence-electron chi connectivity index (χ1n) is 3.67. The van der Waals surface area contributed by atoms with Gasteiger partial charge >= 0.3 is 0 Å². The van der Waals surface area contributed by atoms with Crippen LogP contribution >= 0.6 is 0 Å². The molecule has 0 aromatic carbocycles.